The third-order valence-electron chi connectivity index (χ3n) is 9.73. The van der Waals surface area contributed by atoms with E-state index < -0.39 is 0 Å². The van der Waals surface area contributed by atoms with Gasteiger partial charge in [0, 0.05) is 22.9 Å². The average molecular weight is 521 g/mol. The van der Waals surface area contributed by atoms with Crippen LogP contribution >= 0.6 is 0 Å². The number of aromatic nitrogens is 1. The Morgan fingerprint density at radius 2 is 1.77 bits per heavy atom. The number of hydrogen-bond acceptors (Lipinski definition) is 4. The molecule has 0 radical (unpaired) electrons. The summed E-state index contributed by atoms with van der Waals surface area (Å²) in [5, 5.41) is 15.9. The van der Waals surface area contributed by atoms with Crippen LogP contribution in [0.2, 0.25) is 0 Å². The van der Waals surface area contributed by atoms with Gasteiger partial charge < -0.3 is 14.8 Å². The number of carbonyl (C=O) groups excluding carboxylic acids is 1. The first kappa shape index (κ1) is 24.4. The summed E-state index contributed by atoms with van der Waals surface area (Å²) in [4.78, 5) is 18.3. The molecule has 3 fully saturated rings. The van der Waals surface area contributed by atoms with Crippen molar-refractivity contribution in [3.05, 3.63) is 84.4 Å². The molecule has 0 spiro atoms. The van der Waals surface area contributed by atoms with Crippen molar-refractivity contribution in [1.29, 1.82) is 0 Å². The van der Waals surface area contributed by atoms with Crippen molar-refractivity contribution in [3.63, 3.8) is 0 Å². The van der Waals surface area contributed by atoms with Crippen molar-refractivity contribution in [1.82, 2.24) is 10.3 Å². The molecule has 3 aliphatic carbocycles. The largest absolute Gasteiger partial charge is 0.506 e. The van der Waals surface area contributed by atoms with E-state index in [1.54, 1.807) is 6.07 Å². The monoisotopic (exact) mass is 520 g/mol. The molecule has 5 heteroatoms. The zero-order valence-electron chi connectivity index (χ0n) is 22.3. The van der Waals surface area contributed by atoms with E-state index in [1.165, 1.54) is 44.9 Å². The molecule has 4 aromatic rings. The van der Waals surface area contributed by atoms with Crippen LogP contribution in [-0.4, -0.2) is 22.0 Å². The molecule has 5 nitrogen and oxygen atoms in total. The second-order valence-electron chi connectivity index (χ2n) is 12.2. The predicted molar refractivity (Wildman–Crippen MR) is 153 cm³/mol. The summed E-state index contributed by atoms with van der Waals surface area (Å²) in [6, 6.07) is 21.4. The van der Waals surface area contributed by atoms with Gasteiger partial charge >= 0.3 is 0 Å². The zero-order chi connectivity index (χ0) is 26.4. The minimum atomic E-state index is -0.203. The van der Waals surface area contributed by atoms with Crippen molar-refractivity contribution in [2.75, 3.05) is 0 Å². The first-order valence-corrected chi connectivity index (χ1v) is 14.6. The van der Waals surface area contributed by atoms with Crippen LogP contribution in [0.3, 0.4) is 0 Å². The second kappa shape index (κ2) is 9.86. The summed E-state index contributed by atoms with van der Waals surface area (Å²) in [6.45, 7) is 0. The van der Waals surface area contributed by atoms with E-state index in [1.807, 2.05) is 54.7 Å². The van der Waals surface area contributed by atoms with Crippen LogP contribution < -0.4 is 5.32 Å². The van der Waals surface area contributed by atoms with Gasteiger partial charge in [0.05, 0.1) is 11.8 Å². The van der Waals surface area contributed by atoms with Gasteiger partial charge in [-0.1, -0.05) is 92.8 Å². The molecular weight excluding hydrogens is 484 g/mol. The van der Waals surface area contributed by atoms with E-state index >= 15 is 0 Å². The lowest BCUT2D eigenvalue weighted by molar-refractivity contribution is 0.0897. The lowest BCUT2D eigenvalue weighted by Gasteiger charge is -2.36. The van der Waals surface area contributed by atoms with E-state index in [9.17, 15) is 9.90 Å². The highest BCUT2D eigenvalue weighted by molar-refractivity contribution is 6.03. The third-order valence-corrected chi connectivity index (χ3v) is 9.73. The number of oxazole rings is 1. The number of nitrogens with one attached hydrogen (secondary N) is 1. The number of rotatable bonds is 6. The Balaban J connectivity index is 1.16. The number of aromatic hydroxyl groups is 1. The van der Waals surface area contributed by atoms with E-state index in [0.29, 0.717) is 16.9 Å². The lowest BCUT2D eigenvalue weighted by Crippen LogP contribution is -2.41. The summed E-state index contributed by atoms with van der Waals surface area (Å²) in [6.07, 6.45) is 12.8. The Bertz CT molecular complexity index is 1490. The summed E-state index contributed by atoms with van der Waals surface area (Å²) in [5.41, 5.74) is 1.62. The molecule has 1 heterocycles. The number of nitrogens with zero attached hydrogens (tertiary/aromatic N) is 1. The van der Waals surface area contributed by atoms with Crippen LogP contribution in [0.5, 0.6) is 5.75 Å². The van der Waals surface area contributed by atoms with Crippen molar-refractivity contribution in [2.24, 2.45) is 17.3 Å². The van der Waals surface area contributed by atoms with Gasteiger partial charge in [-0.05, 0) is 54.4 Å². The van der Waals surface area contributed by atoms with Gasteiger partial charge in [-0.2, -0.15) is 0 Å². The maximum absolute atomic E-state index is 13.5. The molecule has 0 saturated heterocycles. The van der Waals surface area contributed by atoms with Crippen LogP contribution in [0, 0.1) is 17.3 Å². The summed E-state index contributed by atoms with van der Waals surface area (Å²) in [5.74, 6) is 2.99. The van der Waals surface area contributed by atoms with Crippen LogP contribution in [0.25, 0.3) is 22.1 Å². The molecule has 39 heavy (non-hydrogen) atoms. The Morgan fingerprint density at radius 3 is 2.62 bits per heavy atom. The molecule has 4 unspecified atom stereocenters. The average Bonchev–Trinajstić information content (AvgIpc) is 3.46. The topological polar surface area (TPSA) is 75.4 Å². The van der Waals surface area contributed by atoms with Crippen LogP contribution in [0.15, 0.2) is 77.3 Å². The Kier molecular flexibility index (Phi) is 6.18. The molecule has 2 N–H and O–H groups in total. The van der Waals surface area contributed by atoms with Crippen molar-refractivity contribution in [2.45, 2.75) is 69.7 Å². The Morgan fingerprint density at radius 1 is 0.974 bits per heavy atom. The van der Waals surface area contributed by atoms with E-state index in [4.69, 9.17) is 9.40 Å². The molecule has 1 amide bonds. The van der Waals surface area contributed by atoms with Gasteiger partial charge in [0.2, 0.25) is 0 Å². The number of phenols is 1. The standard InChI is InChI=1S/C34H36N2O3/c37-31-26-14-8-7-11-23(26)15-16-27(31)32(38)36-25-17-28(33-35-21-30(39-33)24-12-5-2-6-13-24)29-20-34(29,19-25)18-22-9-3-1-4-10-22/h2,5-8,11-16,21-22,25,28-29,37H,1,3-4,9-10,17-20H2,(H,36,38). The molecule has 7 rings (SSSR count). The number of hydrogen-bond donors (Lipinski definition) is 2. The Hall–Kier alpha value is -3.60. The molecule has 0 aliphatic heterocycles. The molecule has 3 saturated carbocycles. The molecule has 200 valence electrons. The van der Waals surface area contributed by atoms with Crippen molar-refractivity contribution < 1.29 is 14.3 Å². The van der Waals surface area contributed by atoms with E-state index in [0.717, 1.165) is 41.4 Å². The van der Waals surface area contributed by atoms with Crippen LogP contribution in [-0.2, 0) is 0 Å². The lowest BCUT2D eigenvalue weighted by atomic mass is 9.72. The summed E-state index contributed by atoms with van der Waals surface area (Å²) < 4.78 is 6.38. The van der Waals surface area contributed by atoms with Crippen molar-refractivity contribution in [3.8, 4) is 17.1 Å². The molecule has 0 bridgehead atoms. The van der Waals surface area contributed by atoms with E-state index in [-0.39, 0.29) is 29.0 Å². The highest BCUT2D eigenvalue weighted by Crippen LogP contribution is 2.69. The normalized spacial score (nSPS) is 26.7. The fourth-order valence-corrected chi connectivity index (χ4v) is 7.79. The first-order valence-electron chi connectivity index (χ1n) is 14.6. The Labute approximate surface area is 229 Å². The maximum Gasteiger partial charge on any atom is 0.255 e. The fourth-order valence-electron chi connectivity index (χ4n) is 7.79. The van der Waals surface area contributed by atoms with Crippen LogP contribution in [0.1, 0.15) is 80.0 Å². The molecule has 4 atom stereocenters. The smallest absolute Gasteiger partial charge is 0.255 e. The van der Waals surface area contributed by atoms with Gasteiger partial charge in [0.25, 0.3) is 5.91 Å². The second-order valence-corrected chi connectivity index (χ2v) is 12.2. The van der Waals surface area contributed by atoms with Gasteiger partial charge in [-0.15, -0.1) is 0 Å². The fraction of sp³-hybridized carbons (Fsp3) is 0.412. The highest BCUT2D eigenvalue weighted by atomic mass is 16.4. The van der Waals surface area contributed by atoms with Crippen molar-refractivity contribution >= 4 is 16.7 Å². The minimum absolute atomic E-state index is 0.0165. The maximum atomic E-state index is 13.5. The third kappa shape index (κ3) is 4.62. The molecule has 3 aliphatic rings. The number of amides is 1. The molecule has 3 aromatic carbocycles. The SMILES string of the molecule is O=C(NC1CC(c2ncc(-c3ccccc3)o2)C2CC2(CC2CCCCC2)C1)c1ccc2ccccc2c1O. The van der Waals surface area contributed by atoms with Gasteiger partial charge in [-0.3, -0.25) is 4.79 Å². The minimum Gasteiger partial charge on any atom is -0.506 e. The zero-order valence-corrected chi connectivity index (χ0v) is 22.3. The quantitative estimate of drug-likeness (QED) is 0.271. The number of carbonyl (C=O) groups is 1. The van der Waals surface area contributed by atoms with Gasteiger partial charge in [-0.25, -0.2) is 4.98 Å². The van der Waals surface area contributed by atoms with Crippen LogP contribution in [0.4, 0.5) is 0 Å². The predicted octanol–water partition coefficient (Wildman–Crippen LogP) is 7.85. The van der Waals surface area contributed by atoms with Gasteiger partial charge in [0.1, 0.15) is 5.75 Å². The van der Waals surface area contributed by atoms with E-state index in [2.05, 4.69) is 17.4 Å². The highest BCUT2D eigenvalue weighted by Gasteiger charge is 2.62. The van der Waals surface area contributed by atoms with Gasteiger partial charge in [0.15, 0.2) is 11.7 Å². The molecular formula is C34H36N2O3. The summed E-state index contributed by atoms with van der Waals surface area (Å²) in [7, 11) is 0. The number of phenolic OH excluding ortho intramolecular Hbond substituents is 1. The molecule has 1 aromatic heterocycles. The first-order chi connectivity index (χ1) is 19.1. The number of benzene rings is 3. The number of fused-ring (bicyclic) bond motifs is 2. The summed E-state index contributed by atoms with van der Waals surface area (Å²) >= 11 is 0.